The maximum Gasteiger partial charge on any atom is 0.258 e. The number of rotatable bonds is 2. The molecule has 1 saturated heterocycles. The highest BCUT2D eigenvalue weighted by Crippen LogP contribution is 2.45. The molecule has 0 bridgehead atoms. The van der Waals surface area contributed by atoms with E-state index < -0.39 is 5.60 Å². The lowest BCUT2D eigenvalue weighted by molar-refractivity contribution is 0.0283. The van der Waals surface area contributed by atoms with E-state index >= 15 is 0 Å². The van der Waals surface area contributed by atoms with E-state index in [1.165, 1.54) is 4.63 Å². The SMILES string of the molecule is Cc1nn2ncccc2c1C(=O)N1CCCC(C2(O)CC2)C1. The molecule has 116 valence electrons. The van der Waals surface area contributed by atoms with Gasteiger partial charge in [-0.3, -0.25) is 4.79 Å². The van der Waals surface area contributed by atoms with E-state index in [4.69, 9.17) is 0 Å². The standard InChI is InChI=1S/C16H20N4O2/c1-11-14(13-5-2-8-17-20(13)18-11)15(21)19-9-3-4-12(10-19)16(22)6-7-16/h2,5,8,12,22H,3-4,6-7,9-10H2,1H3. The van der Waals surface area contributed by atoms with E-state index in [0.717, 1.165) is 37.7 Å². The molecule has 1 aliphatic heterocycles. The summed E-state index contributed by atoms with van der Waals surface area (Å²) in [4.78, 5) is 14.8. The number of piperidine rings is 1. The molecule has 0 aromatic carbocycles. The van der Waals surface area contributed by atoms with Gasteiger partial charge in [-0.05, 0) is 44.7 Å². The smallest absolute Gasteiger partial charge is 0.258 e. The first-order valence-corrected chi connectivity index (χ1v) is 7.91. The Bertz CT molecular complexity index is 735. The zero-order valence-electron chi connectivity index (χ0n) is 12.7. The minimum atomic E-state index is -0.517. The Morgan fingerprint density at radius 3 is 3.05 bits per heavy atom. The molecule has 2 aromatic rings. The van der Waals surface area contributed by atoms with Gasteiger partial charge in [0.1, 0.15) is 5.52 Å². The van der Waals surface area contributed by atoms with Crippen LogP contribution in [0.25, 0.3) is 5.52 Å². The topological polar surface area (TPSA) is 70.7 Å². The first-order valence-electron chi connectivity index (χ1n) is 7.91. The summed E-state index contributed by atoms with van der Waals surface area (Å²) in [6, 6.07) is 3.69. The van der Waals surface area contributed by atoms with Crippen LogP contribution in [0.4, 0.5) is 0 Å². The molecular weight excluding hydrogens is 280 g/mol. The van der Waals surface area contributed by atoms with Gasteiger partial charge >= 0.3 is 0 Å². The Hall–Kier alpha value is -1.95. The highest BCUT2D eigenvalue weighted by Gasteiger charge is 2.49. The van der Waals surface area contributed by atoms with Crippen LogP contribution in [-0.4, -0.2) is 49.4 Å². The molecular formula is C16H20N4O2. The number of carbonyl (C=O) groups is 1. The molecule has 2 aliphatic rings. The molecule has 1 atom stereocenters. The largest absolute Gasteiger partial charge is 0.390 e. The lowest BCUT2D eigenvalue weighted by atomic mass is 9.90. The third kappa shape index (κ3) is 2.09. The molecule has 1 unspecified atom stereocenters. The number of hydrogen-bond acceptors (Lipinski definition) is 4. The van der Waals surface area contributed by atoms with Gasteiger partial charge < -0.3 is 10.0 Å². The normalized spacial score (nSPS) is 23.7. The van der Waals surface area contributed by atoms with E-state index in [0.29, 0.717) is 17.8 Å². The van der Waals surface area contributed by atoms with Gasteiger partial charge in [0.25, 0.3) is 5.91 Å². The lowest BCUT2D eigenvalue weighted by Gasteiger charge is -2.35. The van der Waals surface area contributed by atoms with Crippen LogP contribution in [0, 0.1) is 12.8 Å². The molecule has 1 saturated carbocycles. The second kappa shape index (κ2) is 4.78. The van der Waals surface area contributed by atoms with Crippen LogP contribution < -0.4 is 0 Å². The summed E-state index contributed by atoms with van der Waals surface area (Å²) in [7, 11) is 0. The summed E-state index contributed by atoms with van der Waals surface area (Å²) in [6.45, 7) is 3.24. The molecule has 6 nitrogen and oxygen atoms in total. The third-order valence-electron chi connectivity index (χ3n) is 5.04. The van der Waals surface area contributed by atoms with Crippen LogP contribution >= 0.6 is 0 Å². The average Bonchev–Trinajstić information content (AvgIpc) is 3.19. The van der Waals surface area contributed by atoms with Gasteiger partial charge in [0.05, 0.1) is 16.9 Å². The van der Waals surface area contributed by atoms with Crippen molar-refractivity contribution in [2.45, 2.75) is 38.2 Å². The quantitative estimate of drug-likeness (QED) is 0.910. The summed E-state index contributed by atoms with van der Waals surface area (Å²) >= 11 is 0. The van der Waals surface area contributed by atoms with E-state index in [2.05, 4.69) is 10.2 Å². The van der Waals surface area contributed by atoms with E-state index in [-0.39, 0.29) is 11.8 Å². The predicted octanol–water partition coefficient (Wildman–Crippen LogP) is 1.41. The number of aromatic nitrogens is 3. The van der Waals surface area contributed by atoms with Crippen LogP contribution in [0.15, 0.2) is 18.3 Å². The number of nitrogens with zero attached hydrogens (tertiary/aromatic N) is 4. The molecule has 3 heterocycles. The molecule has 1 N–H and O–H groups in total. The van der Waals surface area contributed by atoms with Crippen molar-refractivity contribution in [3.8, 4) is 0 Å². The van der Waals surface area contributed by atoms with Gasteiger partial charge in [-0.25, -0.2) is 0 Å². The number of amides is 1. The summed E-state index contributed by atoms with van der Waals surface area (Å²) in [5.74, 6) is 0.222. The maximum atomic E-state index is 13.0. The maximum absolute atomic E-state index is 13.0. The Kier molecular flexibility index (Phi) is 2.97. The number of aliphatic hydroxyl groups is 1. The number of carbonyl (C=O) groups excluding carboxylic acids is 1. The Labute approximate surface area is 128 Å². The number of hydrogen-bond donors (Lipinski definition) is 1. The molecule has 22 heavy (non-hydrogen) atoms. The summed E-state index contributed by atoms with van der Waals surface area (Å²) < 4.78 is 1.51. The van der Waals surface area contributed by atoms with Crippen molar-refractivity contribution in [2.75, 3.05) is 13.1 Å². The van der Waals surface area contributed by atoms with Gasteiger partial charge in [-0.2, -0.15) is 14.8 Å². The Morgan fingerprint density at radius 1 is 1.45 bits per heavy atom. The second-order valence-electron chi connectivity index (χ2n) is 6.55. The summed E-state index contributed by atoms with van der Waals surface area (Å²) in [5.41, 5.74) is 1.57. The third-order valence-corrected chi connectivity index (χ3v) is 5.04. The van der Waals surface area contributed by atoms with Crippen LogP contribution in [0.2, 0.25) is 0 Å². The minimum Gasteiger partial charge on any atom is -0.390 e. The zero-order valence-corrected chi connectivity index (χ0v) is 12.7. The second-order valence-corrected chi connectivity index (χ2v) is 6.55. The van der Waals surface area contributed by atoms with Crippen molar-refractivity contribution in [3.63, 3.8) is 0 Å². The fraction of sp³-hybridized carbons (Fsp3) is 0.562. The van der Waals surface area contributed by atoms with Crippen molar-refractivity contribution in [1.82, 2.24) is 19.7 Å². The van der Waals surface area contributed by atoms with E-state index in [9.17, 15) is 9.90 Å². The minimum absolute atomic E-state index is 0.00875. The highest BCUT2D eigenvalue weighted by molar-refractivity contribution is 6.01. The van der Waals surface area contributed by atoms with E-state index in [1.807, 2.05) is 24.0 Å². The predicted molar refractivity (Wildman–Crippen MR) is 80.5 cm³/mol. The molecule has 0 spiro atoms. The Morgan fingerprint density at radius 2 is 2.27 bits per heavy atom. The summed E-state index contributed by atoms with van der Waals surface area (Å²) in [5, 5.41) is 18.8. The van der Waals surface area contributed by atoms with Crippen molar-refractivity contribution in [2.24, 2.45) is 5.92 Å². The van der Waals surface area contributed by atoms with E-state index in [1.54, 1.807) is 6.20 Å². The van der Waals surface area contributed by atoms with Crippen LogP contribution in [0.1, 0.15) is 41.7 Å². The first-order chi connectivity index (χ1) is 10.6. The van der Waals surface area contributed by atoms with Crippen LogP contribution in [0.5, 0.6) is 0 Å². The monoisotopic (exact) mass is 300 g/mol. The number of fused-ring (bicyclic) bond motifs is 1. The van der Waals surface area contributed by atoms with Gasteiger partial charge in [-0.15, -0.1) is 0 Å². The molecule has 4 rings (SSSR count). The number of aryl methyl sites for hydroxylation is 1. The zero-order chi connectivity index (χ0) is 15.3. The fourth-order valence-corrected chi connectivity index (χ4v) is 3.56. The van der Waals surface area contributed by atoms with Gasteiger partial charge in [0, 0.05) is 25.2 Å². The average molecular weight is 300 g/mol. The summed E-state index contributed by atoms with van der Waals surface area (Å²) in [6.07, 6.45) is 5.37. The molecule has 0 radical (unpaired) electrons. The van der Waals surface area contributed by atoms with Gasteiger partial charge in [0.2, 0.25) is 0 Å². The van der Waals surface area contributed by atoms with Crippen molar-refractivity contribution in [3.05, 3.63) is 29.6 Å². The fourth-order valence-electron chi connectivity index (χ4n) is 3.56. The Balaban J connectivity index is 1.64. The number of likely N-dealkylation sites (tertiary alicyclic amines) is 1. The highest BCUT2D eigenvalue weighted by atomic mass is 16.3. The molecule has 6 heteroatoms. The van der Waals surface area contributed by atoms with Crippen molar-refractivity contribution < 1.29 is 9.90 Å². The van der Waals surface area contributed by atoms with Crippen LogP contribution in [0.3, 0.4) is 0 Å². The molecule has 2 fully saturated rings. The lowest BCUT2D eigenvalue weighted by Crippen LogP contribution is -2.44. The van der Waals surface area contributed by atoms with Gasteiger partial charge in [0.15, 0.2) is 0 Å². The van der Waals surface area contributed by atoms with Gasteiger partial charge in [-0.1, -0.05) is 0 Å². The van der Waals surface area contributed by atoms with Crippen molar-refractivity contribution in [1.29, 1.82) is 0 Å². The first kappa shape index (κ1) is 13.7. The molecule has 2 aromatic heterocycles. The molecule has 1 aliphatic carbocycles. The van der Waals surface area contributed by atoms with Crippen LogP contribution in [-0.2, 0) is 0 Å². The molecule has 1 amide bonds. The van der Waals surface area contributed by atoms with Crippen molar-refractivity contribution >= 4 is 11.4 Å².